The monoisotopic (exact) mass is 418 g/mol. The maximum Gasteiger partial charge on any atom is 0.227 e. The van der Waals surface area contributed by atoms with Crippen LogP contribution in [0.3, 0.4) is 0 Å². The molecule has 2 aromatic rings. The topological polar surface area (TPSA) is 84.2 Å². The van der Waals surface area contributed by atoms with Gasteiger partial charge in [-0.05, 0) is 18.8 Å². The van der Waals surface area contributed by atoms with E-state index in [0.29, 0.717) is 5.92 Å². The molecule has 2 aliphatic rings. The molecule has 0 unspecified atom stereocenters. The summed E-state index contributed by atoms with van der Waals surface area (Å²) in [7, 11) is -3.34. The molecule has 0 aromatic carbocycles. The predicted octanol–water partition coefficient (Wildman–Crippen LogP) is 1.98. The van der Waals surface area contributed by atoms with Crippen molar-refractivity contribution in [2.45, 2.75) is 50.4 Å². The molecule has 0 N–H and O–H groups in total. The molecule has 0 spiro atoms. The summed E-state index contributed by atoms with van der Waals surface area (Å²) in [6.45, 7) is 5.06. The van der Waals surface area contributed by atoms with Crippen LogP contribution in [0, 0.1) is 5.92 Å². The largest absolute Gasteiger partial charge is 0.353 e. The quantitative estimate of drug-likeness (QED) is 0.709. The summed E-state index contributed by atoms with van der Waals surface area (Å²) in [5.41, 5.74) is 1.00. The average Bonchev–Trinajstić information content (AvgIpc) is 3.12. The van der Waals surface area contributed by atoms with Crippen molar-refractivity contribution in [3.8, 4) is 0 Å². The Morgan fingerprint density at radius 2 is 1.76 bits per heavy atom. The SMILES string of the molecule is CS(=O)(=O)c1ncc(CN2CCN(c3cnccn3)CC2)n1CC1CCCCC1. The van der Waals surface area contributed by atoms with Crippen molar-refractivity contribution in [1.82, 2.24) is 24.4 Å². The Balaban J connectivity index is 1.45. The number of aromatic nitrogens is 4. The van der Waals surface area contributed by atoms with Crippen LogP contribution >= 0.6 is 0 Å². The number of hydrogen-bond donors (Lipinski definition) is 0. The average molecular weight is 419 g/mol. The minimum atomic E-state index is -3.34. The summed E-state index contributed by atoms with van der Waals surface area (Å²) >= 11 is 0. The summed E-state index contributed by atoms with van der Waals surface area (Å²) in [5.74, 6) is 1.46. The molecule has 2 aromatic heterocycles. The van der Waals surface area contributed by atoms with Gasteiger partial charge >= 0.3 is 0 Å². The van der Waals surface area contributed by atoms with E-state index in [-0.39, 0.29) is 5.16 Å². The maximum absolute atomic E-state index is 12.3. The summed E-state index contributed by atoms with van der Waals surface area (Å²) in [5, 5.41) is 0.219. The zero-order chi connectivity index (χ0) is 20.3. The van der Waals surface area contributed by atoms with Gasteiger partial charge in [0.05, 0.1) is 18.1 Å². The van der Waals surface area contributed by atoms with Crippen LogP contribution in [0.15, 0.2) is 29.9 Å². The normalized spacial score (nSPS) is 19.6. The Morgan fingerprint density at radius 1 is 1.00 bits per heavy atom. The van der Waals surface area contributed by atoms with Gasteiger partial charge in [-0.2, -0.15) is 0 Å². The molecule has 0 bridgehead atoms. The fourth-order valence-electron chi connectivity index (χ4n) is 4.46. The highest BCUT2D eigenvalue weighted by Gasteiger charge is 2.25. The second kappa shape index (κ2) is 8.79. The Labute approximate surface area is 172 Å². The Bertz CT molecular complexity index is 900. The van der Waals surface area contributed by atoms with Gasteiger partial charge in [0.2, 0.25) is 15.0 Å². The van der Waals surface area contributed by atoms with Crippen LogP contribution < -0.4 is 4.90 Å². The van der Waals surface area contributed by atoms with Gasteiger partial charge in [0.15, 0.2) is 0 Å². The van der Waals surface area contributed by atoms with Gasteiger partial charge in [-0.1, -0.05) is 19.3 Å². The first-order valence-electron chi connectivity index (χ1n) is 10.5. The van der Waals surface area contributed by atoms with E-state index in [1.165, 1.54) is 38.4 Å². The van der Waals surface area contributed by atoms with Gasteiger partial charge in [0.25, 0.3) is 0 Å². The number of hydrogen-bond acceptors (Lipinski definition) is 7. The zero-order valence-electron chi connectivity index (χ0n) is 17.1. The highest BCUT2D eigenvalue weighted by atomic mass is 32.2. The van der Waals surface area contributed by atoms with E-state index >= 15 is 0 Å². The van der Waals surface area contributed by atoms with Crippen LogP contribution in [0.4, 0.5) is 5.82 Å². The molecule has 4 rings (SSSR count). The molecule has 0 amide bonds. The molecular formula is C20H30N6O2S. The molecule has 3 heterocycles. The van der Waals surface area contributed by atoms with Crippen LogP contribution in [0.2, 0.25) is 0 Å². The van der Waals surface area contributed by atoms with E-state index in [2.05, 4.69) is 24.8 Å². The molecule has 1 aliphatic carbocycles. The third-order valence-corrected chi connectivity index (χ3v) is 7.02. The third kappa shape index (κ3) is 4.95. The lowest BCUT2D eigenvalue weighted by atomic mass is 9.89. The van der Waals surface area contributed by atoms with Crippen molar-refractivity contribution in [2.24, 2.45) is 5.92 Å². The van der Waals surface area contributed by atoms with Gasteiger partial charge in [-0.25, -0.2) is 18.4 Å². The predicted molar refractivity (Wildman–Crippen MR) is 111 cm³/mol. The van der Waals surface area contributed by atoms with Crippen molar-refractivity contribution < 1.29 is 8.42 Å². The van der Waals surface area contributed by atoms with E-state index in [9.17, 15) is 8.42 Å². The van der Waals surface area contributed by atoms with Crippen molar-refractivity contribution in [3.63, 3.8) is 0 Å². The van der Waals surface area contributed by atoms with Crippen molar-refractivity contribution in [1.29, 1.82) is 0 Å². The second-order valence-corrected chi connectivity index (χ2v) is 10.2. The Kier molecular flexibility index (Phi) is 6.15. The molecule has 1 aliphatic heterocycles. The van der Waals surface area contributed by atoms with Gasteiger partial charge in [0.1, 0.15) is 5.82 Å². The zero-order valence-corrected chi connectivity index (χ0v) is 17.9. The molecule has 2 fully saturated rings. The highest BCUT2D eigenvalue weighted by molar-refractivity contribution is 7.90. The van der Waals surface area contributed by atoms with E-state index in [0.717, 1.165) is 50.8 Å². The molecule has 1 saturated heterocycles. The lowest BCUT2D eigenvalue weighted by Gasteiger charge is -2.35. The maximum atomic E-state index is 12.3. The fourth-order valence-corrected chi connectivity index (χ4v) is 5.29. The summed E-state index contributed by atoms with van der Waals surface area (Å²) in [6, 6.07) is 0. The number of piperazine rings is 1. The molecule has 1 saturated carbocycles. The molecule has 8 nitrogen and oxygen atoms in total. The van der Waals surface area contributed by atoms with Crippen LogP contribution in [0.25, 0.3) is 0 Å². The molecule has 0 radical (unpaired) electrons. The minimum absolute atomic E-state index is 0.219. The number of nitrogens with zero attached hydrogens (tertiary/aromatic N) is 6. The van der Waals surface area contributed by atoms with Crippen molar-refractivity contribution >= 4 is 15.7 Å². The first-order chi connectivity index (χ1) is 14.0. The van der Waals surface area contributed by atoms with Crippen LogP contribution in [0.1, 0.15) is 37.8 Å². The van der Waals surface area contributed by atoms with Crippen LogP contribution in [-0.4, -0.2) is 65.3 Å². The first-order valence-corrected chi connectivity index (χ1v) is 12.4. The Morgan fingerprint density at radius 3 is 2.41 bits per heavy atom. The lowest BCUT2D eigenvalue weighted by molar-refractivity contribution is 0.236. The van der Waals surface area contributed by atoms with E-state index < -0.39 is 9.84 Å². The van der Waals surface area contributed by atoms with E-state index in [1.54, 1.807) is 24.8 Å². The van der Waals surface area contributed by atoms with E-state index in [1.807, 2.05) is 4.57 Å². The second-order valence-electron chi connectivity index (χ2n) is 8.25. The lowest BCUT2D eigenvalue weighted by Crippen LogP contribution is -2.46. The van der Waals surface area contributed by atoms with Crippen LogP contribution in [0.5, 0.6) is 0 Å². The summed E-state index contributed by atoms with van der Waals surface area (Å²) in [4.78, 5) is 17.4. The fraction of sp³-hybridized carbons (Fsp3) is 0.650. The molecule has 0 atom stereocenters. The van der Waals surface area contributed by atoms with E-state index in [4.69, 9.17) is 0 Å². The number of imidazole rings is 1. The van der Waals surface area contributed by atoms with Gasteiger partial charge in [-0.3, -0.25) is 9.88 Å². The Hall–Kier alpha value is -2.00. The molecule has 158 valence electrons. The number of rotatable bonds is 6. The molecule has 9 heteroatoms. The first kappa shape index (κ1) is 20.3. The summed E-state index contributed by atoms with van der Waals surface area (Å²) < 4.78 is 26.5. The van der Waals surface area contributed by atoms with Gasteiger partial charge in [-0.15, -0.1) is 0 Å². The summed E-state index contributed by atoms with van der Waals surface area (Å²) in [6.07, 6.45) is 14.4. The van der Waals surface area contributed by atoms with Gasteiger partial charge < -0.3 is 9.47 Å². The smallest absolute Gasteiger partial charge is 0.227 e. The van der Waals surface area contributed by atoms with Crippen molar-refractivity contribution in [3.05, 3.63) is 30.5 Å². The molecule has 29 heavy (non-hydrogen) atoms. The minimum Gasteiger partial charge on any atom is -0.353 e. The third-order valence-electron chi connectivity index (χ3n) is 6.03. The highest BCUT2D eigenvalue weighted by Crippen LogP contribution is 2.27. The number of anilines is 1. The van der Waals surface area contributed by atoms with Crippen LogP contribution in [-0.2, 0) is 22.9 Å². The van der Waals surface area contributed by atoms with Crippen molar-refractivity contribution in [2.75, 3.05) is 37.3 Å². The van der Waals surface area contributed by atoms with Gasteiger partial charge in [0, 0.05) is 57.9 Å². The standard InChI is InChI=1S/C20H30N6O2S/c1-29(27,28)20-23-13-18(26(20)15-17-5-3-2-4-6-17)16-24-9-11-25(12-10-24)19-14-21-7-8-22-19/h7-8,13-14,17H,2-6,9-12,15-16H2,1H3. The number of sulfone groups is 1. The molecular weight excluding hydrogens is 388 g/mol.